The second-order valence-corrected chi connectivity index (χ2v) is 10.6. The Hall–Kier alpha value is -3.29. The van der Waals surface area contributed by atoms with Crippen molar-refractivity contribution in [3.05, 3.63) is 81.5 Å². The van der Waals surface area contributed by atoms with Gasteiger partial charge in [0.25, 0.3) is 5.91 Å². The van der Waals surface area contributed by atoms with Gasteiger partial charge in [-0.3, -0.25) is 10.0 Å². The fourth-order valence-corrected chi connectivity index (χ4v) is 6.39. The molecule has 0 saturated heterocycles. The molecule has 0 saturated carbocycles. The van der Waals surface area contributed by atoms with E-state index < -0.39 is 34.0 Å². The number of nitrogens with zero attached hydrogens (tertiary/aromatic N) is 1. The van der Waals surface area contributed by atoms with E-state index in [4.69, 9.17) is 9.47 Å². The number of sulfonamides is 1. The number of rotatable bonds is 7. The van der Waals surface area contributed by atoms with Gasteiger partial charge < -0.3 is 14.6 Å². The van der Waals surface area contributed by atoms with Crippen LogP contribution in [0.3, 0.4) is 0 Å². The van der Waals surface area contributed by atoms with E-state index in [1.54, 1.807) is 12.1 Å². The Kier molecular flexibility index (Phi) is 7.19. The molecule has 35 heavy (non-hydrogen) atoms. The maximum absolute atomic E-state index is 13.4. The molecule has 4 rings (SSSR count). The molecule has 1 aliphatic rings. The number of esters is 1. The molecule has 1 amide bonds. The van der Waals surface area contributed by atoms with Crippen molar-refractivity contribution in [1.82, 2.24) is 9.79 Å². The first-order chi connectivity index (χ1) is 16.8. The highest BCUT2D eigenvalue weighted by Crippen LogP contribution is 2.40. The number of carbonyl (C=O) groups is 2. The van der Waals surface area contributed by atoms with E-state index >= 15 is 0 Å². The number of hydroxylamine groups is 1. The van der Waals surface area contributed by atoms with Crippen LogP contribution >= 0.6 is 11.3 Å². The number of hydrogen-bond donors (Lipinski definition) is 3. The number of aliphatic hydroxyl groups is 1. The van der Waals surface area contributed by atoms with Gasteiger partial charge in [-0.15, -0.1) is 11.3 Å². The lowest BCUT2D eigenvalue weighted by Crippen LogP contribution is -2.53. The molecule has 12 heteroatoms. The molecule has 0 spiro atoms. The van der Waals surface area contributed by atoms with Crippen LogP contribution in [-0.4, -0.2) is 48.1 Å². The smallest absolute Gasteiger partial charge is 0.348 e. The monoisotopic (exact) mass is 518 g/mol. The number of aliphatic hydroxyl groups excluding tert-OH is 1. The highest BCUT2D eigenvalue weighted by Gasteiger charge is 2.46. The topological polar surface area (TPSA) is 142 Å². The van der Waals surface area contributed by atoms with Crippen LogP contribution in [0, 0.1) is 0 Å². The molecule has 2 atom stereocenters. The molecule has 1 aromatic heterocycles. The molecule has 0 bridgehead atoms. The minimum atomic E-state index is -4.29. The molecule has 184 valence electrons. The molecular weight excluding hydrogens is 496 g/mol. The highest BCUT2D eigenvalue weighted by atomic mass is 32.2. The van der Waals surface area contributed by atoms with Crippen molar-refractivity contribution in [2.24, 2.45) is 0 Å². The van der Waals surface area contributed by atoms with Gasteiger partial charge in [0.15, 0.2) is 0 Å². The zero-order valence-corrected chi connectivity index (χ0v) is 20.1. The van der Waals surface area contributed by atoms with Crippen LogP contribution in [0.5, 0.6) is 5.75 Å². The Bertz CT molecular complexity index is 1320. The van der Waals surface area contributed by atoms with E-state index in [1.165, 1.54) is 42.9 Å². The van der Waals surface area contributed by atoms with E-state index in [9.17, 15) is 28.3 Å². The zero-order valence-electron chi connectivity index (χ0n) is 18.5. The molecule has 0 fully saturated rings. The summed E-state index contributed by atoms with van der Waals surface area (Å²) >= 11 is 0.908. The summed E-state index contributed by atoms with van der Waals surface area (Å²) in [5.74, 6) is -1.32. The largest absolute Gasteiger partial charge is 0.497 e. The summed E-state index contributed by atoms with van der Waals surface area (Å²) in [7, 11) is -2.85. The van der Waals surface area contributed by atoms with Crippen LogP contribution < -0.4 is 10.2 Å². The minimum Gasteiger partial charge on any atom is -0.497 e. The number of carbonyl (C=O) groups excluding carboxylic acids is 2. The summed E-state index contributed by atoms with van der Waals surface area (Å²) in [5, 5.41) is 20.2. The number of amides is 1. The van der Waals surface area contributed by atoms with Crippen molar-refractivity contribution in [3.8, 4) is 5.75 Å². The molecular formula is C23H22N2O8S2. The van der Waals surface area contributed by atoms with Crippen LogP contribution in [0.2, 0.25) is 0 Å². The molecule has 2 heterocycles. The molecule has 1 aliphatic heterocycles. The quantitative estimate of drug-likeness (QED) is 0.246. The Morgan fingerprint density at radius 2 is 1.83 bits per heavy atom. The minimum absolute atomic E-state index is 0.0400. The average Bonchev–Trinajstić information content (AvgIpc) is 3.32. The van der Waals surface area contributed by atoms with Gasteiger partial charge in [-0.1, -0.05) is 30.3 Å². The van der Waals surface area contributed by atoms with Gasteiger partial charge in [-0.25, -0.2) is 18.7 Å². The number of thiophene rings is 1. The van der Waals surface area contributed by atoms with E-state index in [0.717, 1.165) is 21.2 Å². The fraction of sp³-hybridized carbons (Fsp3) is 0.217. The lowest BCUT2D eigenvalue weighted by atomic mass is 10.0. The van der Waals surface area contributed by atoms with E-state index in [1.807, 2.05) is 18.2 Å². The van der Waals surface area contributed by atoms with Crippen LogP contribution in [0.25, 0.3) is 0 Å². The number of ether oxygens (including phenoxy) is 2. The van der Waals surface area contributed by atoms with E-state index in [2.05, 4.69) is 0 Å². The predicted molar refractivity (Wildman–Crippen MR) is 124 cm³/mol. The van der Waals surface area contributed by atoms with Gasteiger partial charge in [-0.05, 0) is 41.5 Å². The normalized spacial score (nSPS) is 17.9. The summed E-state index contributed by atoms with van der Waals surface area (Å²) in [6.45, 7) is -0.264. The molecule has 0 radical (unpaired) electrons. The third-order valence-electron chi connectivity index (χ3n) is 5.50. The first-order valence-corrected chi connectivity index (χ1v) is 12.6. The van der Waals surface area contributed by atoms with Gasteiger partial charge in [0.05, 0.1) is 12.0 Å². The maximum atomic E-state index is 13.4. The average molecular weight is 519 g/mol. The summed E-state index contributed by atoms with van der Waals surface area (Å²) in [6.07, 6.45) is -1.63. The molecule has 2 aromatic carbocycles. The third-order valence-corrected chi connectivity index (χ3v) is 8.57. The standard InChI is InChI=1S/C23H22N2O8S2/c1-32-16-7-9-17(10-8-16)35(30,31)25-12-15-11-18(23(28)33-13-14-5-3-2-4-6-14)34-21(15)20(26)19(25)22(27)24-29/h2-11,19-20,26,29H,12-13H2,1H3,(H,24,27)/t19-,20-/m1/s1. The number of hydrogen-bond acceptors (Lipinski definition) is 9. The summed E-state index contributed by atoms with van der Waals surface area (Å²) in [4.78, 5) is 25.3. The Morgan fingerprint density at radius 3 is 2.46 bits per heavy atom. The van der Waals surface area contributed by atoms with Crippen molar-refractivity contribution >= 4 is 33.2 Å². The van der Waals surface area contributed by atoms with Crippen molar-refractivity contribution in [3.63, 3.8) is 0 Å². The van der Waals surface area contributed by atoms with E-state index in [-0.39, 0.29) is 27.8 Å². The number of nitrogens with one attached hydrogen (secondary N) is 1. The van der Waals surface area contributed by atoms with Gasteiger partial charge in [0, 0.05) is 11.4 Å². The molecule has 10 nitrogen and oxygen atoms in total. The SMILES string of the molecule is COc1ccc(S(=O)(=O)N2Cc3cc(C(=O)OCc4ccccc4)sc3[C@H](O)[C@@H]2C(=O)NO)cc1. The number of fused-ring (bicyclic) bond motifs is 1. The van der Waals surface area contributed by atoms with Gasteiger partial charge in [0.1, 0.15) is 29.4 Å². The summed E-state index contributed by atoms with van der Waals surface area (Å²) < 4.78 is 38.0. The predicted octanol–water partition coefficient (Wildman–Crippen LogP) is 2.23. The van der Waals surface area contributed by atoms with Crippen LogP contribution in [0.15, 0.2) is 65.6 Å². The lowest BCUT2D eigenvalue weighted by molar-refractivity contribution is -0.137. The summed E-state index contributed by atoms with van der Waals surface area (Å²) in [5.41, 5.74) is 2.57. The maximum Gasteiger partial charge on any atom is 0.348 e. The Balaban J connectivity index is 1.64. The third kappa shape index (κ3) is 4.92. The Morgan fingerprint density at radius 1 is 1.14 bits per heavy atom. The van der Waals surface area contributed by atoms with Crippen molar-refractivity contribution in [2.45, 2.75) is 30.2 Å². The van der Waals surface area contributed by atoms with Crippen LogP contribution in [0.1, 0.15) is 31.8 Å². The van der Waals surface area contributed by atoms with Crippen molar-refractivity contribution < 1.29 is 37.8 Å². The van der Waals surface area contributed by atoms with Crippen LogP contribution in [-0.2, 0) is 32.7 Å². The van der Waals surface area contributed by atoms with Gasteiger partial charge in [0.2, 0.25) is 10.0 Å². The van der Waals surface area contributed by atoms with Crippen molar-refractivity contribution in [1.29, 1.82) is 0 Å². The van der Waals surface area contributed by atoms with Gasteiger partial charge >= 0.3 is 5.97 Å². The fourth-order valence-electron chi connectivity index (χ4n) is 3.74. The second kappa shape index (κ2) is 10.1. The number of methoxy groups -OCH3 is 1. The number of benzene rings is 2. The van der Waals surface area contributed by atoms with Crippen LogP contribution in [0.4, 0.5) is 0 Å². The first kappa shape index (κ1) is 24.8. The molecule has 3 N–H and O–H groups in total. The van der Waals surface area contributed by atoms with E-state index in [0.29, 0.717) is 11.3 Å². The van der Waals surface area contributed by atoms with Gasteiger partial charge in [-0.2, -0.15) is 4.31 Å². The molecule has 3 aromatic rings. The Labute approximate surface area is 205 Å². The first-order valence-electron chi connectivity index (χ1n) is 10.4. The molecule has 0 aliphatic carbocycles. The highest BCUT2D eigenvalue weighted by molar-refractivity contribution is 7.89. The van der Waals surface area contributed by atoms with Crippen molar-refractivity contribution in [2.75, 3.05) is 7.11 Å². The molecule has 0 unspecified atom stereocenters. The zero-order chi connectivity index (χ0) is 25.2. The second-order valence-electron chi connectivity index (χ2n) is 7.65. The summed E-state index contributed by atoms with van der Waals surface area (Å²) in [6, 6.07) is 14.4. The lowest BCUT2D eigenvalue weighted by Gasteiger charge is -2.36.